The zero-order valence-electron chi connectivity index (χ0n) is 12.7. The molecular formula is C16H29N3O. The van der Waals surface area contributed by atoms with Crippen LogP contribution in [0.5, 0.6) is 0 Å². The van der Waals surface area contributed by atoms with E-state index in [1.54, 1.807) is 0 Å². The Morgan fingerprint density at radius 2 is 1.80 bits per heavy atom. The van der Waals surface area contributed by atoms with Crippen molar-refractivity contribution in [3.63, 3.8) is 0 Å². The van der Waals surface area contributed by atoms with E-state index in [2.05, 4.69) is 22.5 Å². The van der Waals surface area contributed by atoms with E-state index in [0.29, 0.717) is 12.0 Å². The average Bonchev–Trinajstić information content (AvgIpc) is 2.91. The summed E-state index contributed by atoms with van der Waals surface area (Å²) in [6.45, 7) is 6.45. The number of hydrogen-bond donors (Lipinski definition) is 2. The van der Waals surface area contributed by atoms with Crippen LogP contribution in [0.4, 0.5) is 0 Å². The predicted octanol–water partition coefficient (Wildman–Crippen LogP) is 1.37. The highest BCUT2D eigenvalue weighted by Crippen LogP contribution is 2.26. The van der Waals surface area contributed by atoms with E-state index in [-0.39, 0.29) is 11.8 Å². The molecule has 1 amide bonds. The minimum Gasteiger partial charge on any atom is -0.353 e. The summed E-state index contributed by atoms with van der Waals surface area (Å²) in [5, 5.41) is 6.54. The summed E-state index contributed by atoms with van der Waals surface area (Å²) >= 11 is 0. The van der Waals surface area contributed by atoms with E-state index in [9.17, 15) is 4.79 Å². The summed E-state index contributed by atoms with van der Waals surface area (Å²) in [6.07, 6.45) is 7.88. The fraction of sp³-hybridized carbons (Fsp3) is 0.938. The van der Waals surface area contributed by atoms with Gasteiger partial charge in [0, 0.05) is 31.1 Å². The molecule has 3 fully saturated rings. The molecule has 3 aliphatic rings. The third-order valence-electron chi connectivity index (χ3n) is 5.65. The van der Waals surface area contributed by atoms with Crippen LogP contribution in [0.1, 0.15) is 45.4 Å². The number of amides is 1. The van der Waals surface area contributed by atoms with Gasteiger partial charge in [-0.2, -0.15) is 0 Å². The quantitative estimate of drug-likeness (QED) is 0.817. The smallest absolute Gasteiger partial charge is 0.223 e. The first-order valence-corrected chi connectivity index (χ1v) is 8.49. The highest BCUT2D eigenvalue weighted by Gasteiger charge is 2.31. The molecule has 2 N–H and O–H groups in total. The molecule has 4 heteroatoms. The van der Waals surface area contributed by atoms with E-state index in [1.165, 1.54) is 38.8 Å². The predicted molar refractivity (Wildman–Crippen MR) is 80.5 cm³/mol. The summed E-state index contributed by atoms with van der Waals surface area (Å²) in [6, 6.07) is 1.25. The van der Waals surface area contributed by atoms with E-state index in [4.69, 9.17) is 0 Å². The van der Waals surface area contributed by atoms with Crippen molar-refractivity contribution in [1.29, 1.82) is 0 Å². The van der Waals surface area contributed by atoms with Crippen LogP contribution in [0.25, 0.3) is 0 Å². The molecule has 2 saturated heterocycles. The van der Waals surface area contributed by atoms with Crippen LogP contribution in [0.3, 0.4) is 0 Å². The Balaban J connectivity index is 1.40. The van der Waals surface area contributed by atoms with Crippen molar-refractivity contribution >= 4 is 5.91 Å². The number of nitrogens with zero attached hydrogens (tertiary/aromatic N) is 1. The summed E-state index contributed by atoms with van der Waals surface area (Å²) in [4.78, 5) is 14.9. The van der Waals surface area contributed by atoms with Crippen LogP contribution in [0.15, 0.2) is 0 Å². The van der Waals surface area contributed by atoms with Gasteiger partial charge in [-0.25, -0.2) is 0 Å². The van der Waals surface area contributed by atoms with Gasteiger partial charge in [0.25, 0.3) is 0 Å². The number of carbonyl (C=O) groups excluding carboxylic acids is 1. The van der Waals surface area contributed by atoms with Crippen LogP contribution in [-0.2, 0) is 4.79 Å². The molecule has 1 saturated carbocycles. The lowest BCUT2D eigenvalue weighted by atomic mass is 9.88. The minimum absolute atomic E-state index is 0.170. The van der Waals surface area contributed by atoms with E-state index < -0.39 is 0 Å². The molecule has 1 aliphatic carbocycles. The highest BCUT2D eigenvalue weighted by molar-refractivity contribution is 5.79. The Bertz CT molecular complexity index is 329. The molecule has 1 atom stereocenters. The molecule has 0 spiro atoms. The normalized spacial score (nSPS) is 28.2. The van der Waals surface area contributed by atoms with Crippen LogP contribution >= 0.6 is 0 Å². The maximum atomic E-state index is 12.2. The van der Waals surface area contributed by atoms with Crippen molar-refractivity contribution in [3.8, 4) is 0 Å². The number of carbonyl (C=O) groups is 1. The topological polar surface area (TPSA) is 44.4 Å². The molecule has 1 unspecified atom stereocenters. The SMILES string of the molecule is CC(C(=O)NC1CCN(C2CCCC2)CC1)C1CNC1. The number of likely N-dealkylation sites (tertiary alicyclic amines) is 1. The highest BCUT2D eigenvalue weighted by atomic mass is 16.1. The molecule has 114 valence electrons. The fourth-order valence-electron chi connectivity index (χ4n) is 3.89. The first-order chi connectivity index (χ1) is 9.74. The summed E-state index contributed by atoms with van der Waals surface area (Å²) in [5.74, 6) is 0.994. The Morgan fingerprint density at radius 3 is 2.35 bits per heavy atom. The first-order valence-electron chi connectivity index (χ1n) is 8.49. The monoisotopic (exact) mass is 279 g/mol. The van der Waals surface area contributed by atoms with Crippen molar-refractivity contribution < 1.29 is 4.79 Å². The van der Waals surface area contributed by atoms with E-state index in [0.717, 1.165) is 32.0 Å². The van der Waals surface area contributed by atoms with Gasteiger partial charge in [0.05, 0.1) is 0 Å². The molecular weight excluding hydrogens is 250 g/mol. The van der Waals surface area contributed by atoms with Crippen LogP contribution in [0, 0.1) is 11.8 Å². The Morgan fingerprint density at radius 1 is 1.15 bits per heavy atom. The van der Waals surface area contributed by atoms with Crippen molar-refractivity contribution in [2.75, 3.05) is 26.2 Å². The maximum absolute atomic E-state index is 12.2. The minimum atomic E-state index is 0.170. The van der Waals surface area contributed by atoms with Gasteiger partial charge in [0.1, 0.15) is 0 Å². The average molecular weight is 279 g/mol. The lowest BCUT2D eigenvalue weighted by Crippen LogP contribution is -2.53. The maximum Gasteiger partial charge on any atom is 0.223 e. The molecule has 0 radical (unpaired) electrons. The third kappa shape index (κ3) is 3.17. The third-order valence-corrected chi connectivity index (χ3v) is 5.65. The van der Waals surface area contributed by atoms with Crippen LogP contribution in [-0.4, -0.2) is 49.1 Å². The summed E-state index contributed by atoms with van der Waals surface area (Å²) in [5.41, 5.74) is 0. The zero-order chi connectivity index (χ0) is 13.9. The summed E-state index contributed by atoms with van der Waals surface area (Å²) < 4.78 is 0. The second-order valence-corrected chi connectivity index (χ2v) is 6.96. The molecule has 2 aliphatic heterocycles. The Hall–Kier alpha value is -0.610. The van der Waals surface area contributed by atoms with Gasteiger partial charge in [-0.15, -0.1) is 0 Å². The molecule has 0 aromatic rings. The molecule has 0 aromatic carbocycles. The Kier molecular flexibility index (Phi) is 4.61. The van der Waals surface area contributed by atoms with Gasteiger partial charge < -0.3 is 15.5 Å². The summed E-state index contributed by atoms with van der Waals surface area (Å²) in [7, 11) is 0. The molecule has 4 nitrogen and oxygen atoms in total. The standard InChI is InChI=1S/C16H29N3O/c1-12(13-10-17-11-13)16(20)18-14-6-8-19(9-7-14)15-4-2-3-5-15/h12-15,17H,2-11H2,1H3,(H,18,20). The lowest BCUT2D eigenvalue weighted by Gasteiger charge is -2.37. The Labute approximate surface area is 122 Å². The molecule has 0 bridgehead atoms. The van der Waals surface area contributed by atoms with Crippen molar-refractivity contribution in [2.24, 2.45) is 11.8 Å². The largest absolute Gasteiger partial charge is 0.353 e. The van der Waals surface area contributed by atoms with Gasteiger partial charge in [-0.05, 0) is 44.7 Å². The molecule has 2 heterocycles. The van der Waals surface area contributed by atoms with Gasteiger partial charge in [-0.3, -0.25) is 4.79 Å². The van der Waals surface area contributed by atoms with Gasteiger partial charge in [0.2, 0.25) is 5.91 Å². The second kappa shape index (κ2) is 6.44. The van der Waals surface area contributed by atoms with Gasteiger partial charge in [0.15, 0.2) is 0 Å². The van der Waals surface area contributed by atoms with Crippen LogP contribution < -0.4 is 10.6 Å². The molecule has 0 aromatic heterocycles. The van der Waals surface area contributed by atoms with E-state index >= 15 is 0 Å². The fourth-order valence-corrected chi connectivity index (χ4v) is 3.89. The lowest BCUT2D eigenvalue weighted by molar-refractivity contribution is -0.127. The van der Waals surface area contributed by atoms with Crippen LogP contribution in [0.2, 0.25) is 0 Å². The van der Waals surface area contributed by atoms with Gasteiger partial charge >= 0.3 is 0 Å². The number of piperidine rings is 1. The van der Waals surface area contributed by atoms with Crippen molar-refractivity contribution in [2.45, 2.75) is 57.5 Å². The van der Waals surface area contributed by atoms with Crippen molar-refractivity contribution in [1.82, 2.24) is 15.5 Å². The van der Waals surface area contributed by atoms with Crippen molar-refractivity contribution in [3.05, 3.63) is 0 Å². The molecule has 3 rings (SSSR count). The molecule has 20 heavy (non-hydrogen) atoms. The van der Waals surface area contributed by atoms with E-state index in [1.807, 2.05) is 0 Å². The number of nitrogens with one attached hydrogen (secondary N) is 2. The number of rotatable bonds is 4. The first kappa shape index (κ1) is 14.3. The van der Waals surface area contributed by atoms with Gasteiger partial charge in [-0.1, -0.05) is 19.8 Å². The number of hydrogen-bond acceptors (Lipinski definition) is 3. The zero-order valence-corrected chi connectivity index (χ0v) is 12.7. The second-order valence-electron chi connectivity index (χ2n) is 6.96.